The van der Waals surface area contributed by atoms with E-state index in [1.165, 1.54) is 6.07 Å². The molecule has 3 saturated heterocycles. The lowest BCUT2D eigenvalue weighted by molar-refractivity contribution is -0.136. The Bertz CT molecular complexity index is 2510. The van der Waals surface area contributed by atoms with Crippen molar-refractivity contribution >= 4 is 40.9 Å². The average Bonchev–Trinajstić information content (AvgIpc) is 3.49. The Hall–Kier alpha value is -6.19. The van der Waals surface area contributed by atoms with E-state index in [9.17, 15) is 28.8 Å². The standard InChI is InChI=1S/C47H52FN7O7/c1-5-54(34-12-18-62-19-13-34)41-23-31(21-35(29(41)4)43(57)49-25-38-27(2)20-28(3)50-44(38)58)30-6-8-33(9-7-30)53-16-14-52(15-17-53)26-32-22-36-37(24-39(32)48)47(61)55(46(36)60)40-10-11-42(56)51-45(40)59/h6-9,20-24,34,40H,5,10-19,25-26H2,1-4H3,(H,49,57)(H,50,58)(H,51,56,59). The van der Waals surface area contributed by atoms with Gasteiger partial charge >= 0.3 is 0 Å². The minimum Gasteiger partial charge on any atom is -0.381 e. The molecule has 8 rings (SSSR count). The molecule has 4 aromatic rings. The van der Waals surface area contributed by atoms with Gasteiger partial charge in [-0.1, -0.05) is 12.1 Å². The molecule has 62 heavy (non-hydrogen) atoms. The van der Waals surface area contributed by atoms with Gasteiger partial charge in [0.25, 0.3) is 23.3 Å². The third-order valence-electron chi connectivity index (χ3n) is 12.8. The van der Waals surface area contributed by atoms with Crippen molar-refractivity contribution in [2.24, 2.45) is 0 Å². The number of imide groups is 2. The number of hydrogen-bond acceptors (Lipinski definition) is 10. The van der Waals surface area contributed by atoms with Crippen LogP contribution in [0.1, 0.15) is 91.6 Å². The van der Waals surface area contributed by atoms with Crippen LogP contribution in [-0.4, -0.2) is 102 Å². The number of H-pyrrole nitrogens is 1. The highest BCUT2D eigenvalue weighted by Crippen LogP contribution is 2.35. The van der Waals surface area contributed by atoms with E-state index in [-0.39, 0.29) is 60.1 Å². The lowest BCUT2D eigenvalue weighted by atomic mass is 9.95. The highest BCUT2D eigenvalue weighted by atomic mass is 19.1. The first-order valence-electron chi connectivity index (χ1n) is 21.4. The average molecular weight is 846 g/mol. The first-order chi connectivity index (χ1) is 29.8. The van der Waals surface area contributed by atoms with Crippen LogP contribution in [0.3, 0.4) is 0 Å². The minimum atomic E-state index is -1.12. The Morgan fingerprint density at radius 1 is 0.871 bits per heavy atom. The Labute approximate surface area is 359 Å². The fourth-order valence-electron chi connectivity index (χ4n) is 9.31. The maximum atomic E-state index is 15.5. The van der Waals surface area contributed by atoms with Crippen LogP contribution in [-0.2, 0) is 27.4 Å². The number of aromatic nitrogens is 1. The van der Waals surface area contributed by atoms with Crippen LogP contribution in [0.15, 0.2) is 59.4 Å². The zero-order chi connectivity index (χ0) is 43.8. The van der Waals surface area contributed by atoms with Gasteiger partial charge in [-0.3, -0.25) is 43.9 Å². The molecular formula is C47H52FN7O7. The van der Waals surface area contributed by atoms with Crippen molar-refractivity contribution in [1.82, 2.24) is 25.4 Å². The molecule has 15 heteroatoms. The zero-order valence-corrected chi connectivity index (χ0v) is 35.6. The SMILES string of the molecule is CCN(c1cc(-c2ccc(N3CCN(Cc4cc5c(cc4F)C(=O)N(C4CCC(=O)NC4=O)C5=O)CC3)cc2)cc(C(=O)NCc2c(C)cc(C)[nH]c2=O)c1C)C1CCOCC1. The van der Waals surface area contributed by atoms with E-state index >= 15 is 4.39 Å². The number of carbonyl (C=O) groups excluding carboxylic acids is 5. The van der Waals surface area contributed by atoms with Crippen molar-refractivity contribution in [1.29, 1.82) is 0 Å². The van der Waals surface area contributed by atoms with Crippen molar-refractivity contribution < 1.29 is 33.1 Å². The van der Waals surface area contributed by atoms with Crippen LogP contribution in [0.5, 0.6) is 0 Å². The number of nitrogens with one attached hydrogen (secondary N) is 3. The topological polar surface area (TPSA) is 164 Å². The summed E-state index contributed by atoms with van der Waals surface area (Å²) in [4.78, 5) is 87.8. The normalized spacial score (nSPS) is 18.6. The predicted molar refractivity (Wildman–Crippen MR) is 232 cm³/mol. The smallest absolute Gasteiger partial charge is 0.262 e. The van der Waals surface area contributed by atoms with Gasteiger partial charge in [0.05, 0.1) is 11.1 Å². The summed E-state index contributed by atoms with van der Waals surface area (Å²) in [6.07, 6.45) is 1.82. The minimum absolute atomic E-state index is 0.00416. The predicted octanol–water partition coefficient (Wildman–Crippen LogP) is 4.76. The quantitative estimate of drug-likeness (QED) is 0.179. The van der Waals surface area contributed by atoms with Crippen LogP contribution < -0.4 is 26.0 Å². The van der Waals surface area contributed by atoms with E-state index < -0.39 is 35.5 Å². The highest BCUT2D eigenvalue weighted by Gasteiger charge is 2.45. The molecule has 0 aliphatic carbocycles. The number of halogens is 1. The number of nitrogens with zero attached hydrogens (tertiary/aromatic N) is 4. The molecule has 5 heterocycles. The summed E-state index contributed by atoms with van der Waals surface area (Å²) in [5.74, 6) is -3.42. The summed E-state index contributed by atoms with van der Waals surface area (Å²) in [7, 11) is 0. The van der Waals surface area contributed by atoms with E-state index in [0.29, 0.717) is 50.5 Å². The number of piperidine rings is 1. The Morgan fingerprint density at radius 3 is 2.23 bits per heavy atom. The molecule has 3 fully saturated rings. The monoisotopic (exact) mass is 845 g/mol. The molecule has 4 aliphatic rings. The van der Waals surface area contributed by atoms with Crippen LogP contribution in [0, 0.1) is 26.6 Å². The summed E-state index contributed by atoms with van der Waals surface area (Å²) < 4.78 is 21.1. The van der Waals surface area contributed by atoms with Gasteiger partial charge in [0.2, 0.25) is 11.8 Å². The van der Waals surface area contributed by atoms with E-state index in [4.69, 9.17) is 4.74 Å². The number of aryl methyl sites for hydroxylation is 2. The lowest BCUT2D eigenvalue weighted by Gasteiger charge is -2.37. The molecule has 1 atom stereocenters. The summed E-state index contributed by atoms with van der Waals surface area (Å²) in [6.45, 7) is 12.9. The molecule has 0 saturated carbocycles. The molecule has 0 spiro atoms. The maximum Gasteiger partial charge on any atom is 0.262 e. The Kier molecular flexibility index (Phi) is 12.1. The molecule has 1 aromatic heterocycles. The van der Waals surface area contributed by atoms with Gasteiger partial charge in [0.15, 0.2) is 0 Å². The molecule has 5 amide bonds. The number of benzene rings is 3. The molecule has 14 nitrogen and oxygen atoms in total. The van der Waals surface area contributed by atoms with E-state index in [1.54, 1.807) is 0 Å². The van der Waals surface area contributed by atoms with Crippen molar-refractivity contribution in [3.05, 3.63) is 115 Å². The second kappa shape index (κ2) is 17.7. The van der Waals surface area contributed by atoms with Crippen LogP contribution >= 0.6 is 0 Å². The molecule has 1 unspecified atom stereocenters. The molecule has 0 bridgehead atoms. The number of anilines is 2. The number of hydrogen-bond donors (Lipinski definition) is 3. The second-order valence-corrected chi connectivity index (χ2v) is 16.7. The fraction of sp³-hybridized carbons (Fsp3) is 0.404. The van der Waals surface area contributed by atoms with Crippen LogP contribution in [0.4, 0.5) is 15.8 Å². The van der Waals surface area contributed by atoms with E-state index in [0.717, 1.165) is 69.7 Å². The van der Waals surface area contributed by atoms with E-state index in [1.807, 2.05) is 32.9 Å². The summed E-state index contributed by atoms with van der Waals surface area (Å²) in [6, 6.07) is 15.9. The van der Waals surface area contributed by atoms with Gasteiger partial charge in [-0.05, 0) is 112 Å². The number of aromatic amines is 1. The molecule has 0 radical (unpaired) electrons. The summed E-state index contributed by atoms with van der Waals surface area (Å²) >= 11 is 0. The van der Waals surface area contributed by atoms with Crippen molar-refractivity contribution in [3.63, 3.8) is 0 Å². The van der Waals surface area contributed by atoms with Crippen molar-refractivity contribution in [3.8, 4) is 11.1 Å². The van der Waals surface area contributed by atoms with Crippen molar-refractivity contribution in [2.75, 3.05) is 55.7 Å². The van der Waals surface area contributed by atoms with E-state index in [2.05, 4.69) is 67.6 Å². The number of amides is 5. The number of fused-ring (bicyclic) bond motifs is 1. The lowest BCUT2D eigenvalue weighted by Crippen LogP contribution is -2.54. The Morgan fingerprint density at radius 2 is 1.56 bits per heavy atom. The largest absolute Gasteiger partial charge is 0.381 e. The summed E-state index contributed by atoms with van der Waals surface area (Å²) in [5, 5.41) is 5.20. The van der Waals surface area contributed by atoms with Gasteiger partial charge in [0.1, 0.15) is 11.9 Å². The molecule has 324 valence electrons. The zero-order valence-electron chi connectivity index (χ0n) is 35.6. The summed E-state index contributed by atoms with van der Waals surface area (Å²) in [5.41, 5.74) is 7.46. The number of rotatable bonds is 11. The van der Waals surface area contributed by atoms with Crippen LogP contribution in [0.2, 0.25) is 0 Å². The third kappa shape index (κ3) is 8.38. The number of carbonyl (C=O) groups is 5. The number of pyridine rings is 1. The first-order valence-corrected chi connectivity index (χ1v) is 21.4. The fourth-order valence-corrected chi connectivity index (χ4v) is 9.31. The number of ether oxygens (including phenoxy) is 1. The Balaban J connectivity index is 0.967. The molecule has 3 aromatic carbocycles. The van der Waals surface area contributed by atoms with Crippen LogP contribution in [0.25, 0.3) is 11.1 Å². The highest BCUT2D eigenvalue weighted by molar-refractivity contribution is 6.23. The van der Waals surface area contributed by atoms with Gasteiger partial charge in [-0.2, -0.15) is 0 Å². The van der Waals surface area contributed by atoms with Crippen molar-refractivity contribution in [2.45, 2.75) is 78.6 Å². The molecular weight excluding hydrogens is 794 g/mol. The third-order valence-corrected chi connectivity index (χ3v) is 12.8. The second-order valence-electron chi connectivity index (χ2n) is 16.7. The molecule has 4 aliphatic heterocycles. The van der Waals surface area contributed by atoms with Gasteiger partial charge in [-0.25, -0.2) is 4.39 Å². The van der Waals surface area contributed by atoms with Gasteiger partial charge in [0, 0.05) is 105 Å². The molecule has 3 N–H and O–H groups in total. The van der Waals surface area contributed by atoms with Gasteiger partial charge in [-0.15, -0.1) is 0 Å². The maximum absolute atomic E-state index is 15.5. The first kappa shape index (κ1) is 42.5. The number of piperazine rings is 1. The van der Waals surface area contributed by atoms with Gasteiger partial charge < -0.3 is 24.8 Å².